The minimum absolute atomic E-state index is 0.0686. The van der Waals surface area contributed by atoms with Crippen LogP contribution in [-0.4, -0.2) is 43.3 Å². The predicted octanol–water partition coefficient (Wildman–Crippen LogP) is 1.69. The molecule has 0 saturated heterocycles. The van der Waals surface area contributed by atoms with Crippen LogP contribution in [-0.2, 0) is 24.6 Å². The maximum atomic E-state index is 12.7. The molecule has 0 aromatic heterocycles. The molecule has 26 heavy (non-hydrogen) atoms. The fourth-order valence-corrected chi connectivity index (χ4v) is 4.91. The summed E-state index contributed by atoms with van der Waals surface area (Å²) in [5.41, 5.74) is -0.145. The number of benzene rings is 2. The summed E-state index contributed by atoms with van der Waals surface area (Å²) in [6.45, 7) is 0. The van der Waals surface area contributed by atoms with E-state index in [2.05, 4.69) is 9.46 Å². The number of carbonyl (C=O) groups is 1. The molecule has 0 fully saturated rings. The first kappa shape index (κ1) is 19.7. The van der Waals surface area contributed by atoms with Crippen LogP contribution in [0.2, 0.25) is 0 Å². The Morgan fingerprint density at radius 1 is 0.962 bits per heavy atom. The number of carbonyl (C=O) groups excluding carboxylic acids is 1. The zero-order valence-corrected chi connectivity index (χ0v) is 15.8. The van der Waals surface area contributed by atoms with Crippen LogP contribution in [0.1, 0.15) is 10.4 Å². The van der Waals surface area contributed by atoms with Crippen LogP contribution in [0, 0.1) is 0 Å². The molecule has 0 radical (unpaired) electrons. The highest BCUT2D eigenvalue weighted by Crippen LogP contribution is 2.27. The molecule has 2 rings (SSSR count). The summed E-state index contributed by atoms with van der Waals surface area (Å²) >= 11 is 0. The summed E-state index contributed by atoms with van der Waals surface area (Å²) < 4.78 is 61.1. The first-order chi connectivity index (χ1) is 12.1. The molecule has 0 spiro atoms. The standard InChI is InChI=1S/C16H17NO7S2/c1-23-11-8-9-13(12(10-11)16(18)24-2)17-26(21,22)15-7-5-4-6-14(15)25(3,19)20/h4-10,17H,1-3H3. The van der Waals surface area contributed by atoms with Gasteiger partial charge in [0.2, 0.25) is 0 Å². The Labute approximate surface area is 151 Å². The first-order valence-corrected chi connectivity index (χ1v) is 10.6. The molecular formula is C16H17NO7S2. The fourth-order valence-electron chi connectivity index (χ4n) is 2.20. The number of anilines is 1. The summed E-state index contributed by atoms with van der Waals surface area (Å²) in [5.74, 6) is -0.456. The van der Waals surface area contributed by atoms with E-state index in [1.165, 1.54) is 49.6 Å². The van der Waals surface area contributed by atoms with Gasteiger partial charge in [0.25, 0.3) is 10.0 Å². The van der Waals surface area contributed by atoms with Crippen molar-refractivity contribution in [2.75, 3.05) is 25.2 Å². The predicted molar refractivity (Wildman–Crippen MR) is 94.7 cm³/mol. The lowest BCUT2D eigenvalue weighted by molar-refractivity contribution is 0.0601. The summed E-state index contributed by atoms with van der Waals surface area (Å²) in [6, 6.07) is 9.27. The Balaban J connectivity index is 2.57. The van der Waals surface area contributed by atoms with Crippen molar-refractivity contribution >= 4 is 31.5 Å². The lowest BCUT2D eigenvalue weighted by Crippen LogP contribution is -2.18. The van der Waals surface area contributed by atoms with Crippen LogP contribution in [0.15, 0.2) is 52.3 Å². The van der Waals surface area contributed by atoms with Crippen LogP contribution in [0.25, 0.3) is 0 Å². The number of esters is 1. The van der Waals surface area contributed by atoms with Crippen molar-refractivity contribution in [3.05, 3.63) is 48.0 Å². The molecule has 0 amide bonds. The highest BCUT2D eigenvalue weighted by Gasteiger charge is 2.25. The van der Waals surface area contributed by atoms with Crippen molar-refractivity contribution in [1.82, 2.24) is 0 Å². The van der Waals surface area contributed by atoms with E-state index >= 15 is 0 Å². The summed E-state index contributed by atoms with van der Waals surface area (Å²) in [7, 11) is -5.53. The van der Waals surface area contributed by atoms with Crippen molar-refractivity contribution in [2.24, 2.45) is 0 Å². The number of hydrogen-bond donors (Lipinski definition) is 1. The molecule has 0 aliphatic heterocycles. The molecule has 0 aliphatic rings. The van der Waals surface area contributed by atoms with E-state index in [4.69, 9.17) is 4.74 Å². The van der Waals surface area contributed by atoms with Crippen LogP contribution in [0.4, 0.5) is 5.69 Å². The van der Waals surface area contributed by atoms with E-state index in [0.717, 1.165) is 13.4 Å². The fraction of sp³-hybridized carbons (Fsp3) is 0.188. The van der Waals surface area contributed by atoms with E-state index in [1.54, 1.807) is 0 Å². The van der Waals surface area contributed by atoms with Gasteiger partial charge in [-0.15, -0.1) is 0 Å². The second-order valence-corrected chi connectivity index (χ2v) is 8.86. The summed E-state index contributed by atoms with van der Waals surface area (Å²) in [5, 5.41) is 0. The van der Waals surface area contributed by atoms with Crippen LogP contribution in [0.3, 0.4) is 0 Å². The van der Waals surface area contributed by atoms with Gasteiger partial charge in [0.15, 0.2) is 9.84 Å². The Kier molecular flexibility index (Phi) is 5.57. The minimum Gasteiger partial charge on any atom is -0.497 e. The topological polar surface area (TPSA) is 116 Å². The SMILES string of the molecule is COC(=O)c1cc(OC)ccc1NS(=O)(=O)c1ccccc1S(C)(=O)=O. The summed E-state index contributed by atoms with van der Waals surface area (Å²) in [6.07, 6.45) is 0.911. The van der Waals surface area contributed by atoms with Gasteiger partial charge in [-0.2, -0.15) is 0 Å². The van der Waals surface area contributed by atoms with Gasteiger partial charge in [-0.1, -0.05) is 12.1 Å². The summed E-state index contributed by atoms with van der Waals surface area (Å²) in [4.78, 5) is 11.2. The highest BCUT2D eigenvalue weighted by atomic mass is 32.2. The monoisotopic (exact) mass is 399 g/mol. The molecule has 2 aromatic rings. The van der Waals surface area contributed by atoms with E-state index in [1.807, 2.05) is 0 Å². The quantitative estimate of drug-likeness (QED) is 0.735. The van der Waals surface area contributed by atoms with Crippen molar-refractivity contribution in [2.45, 2.75) is 9.79 Å². The second kappa shape index (κ2) is 7.34. The van der Waals surface area contributed by atoms with Crippen molar-refractivity contribution < 1.29 is 31.1 Å². The molecule has 0 saturated carbocycles. The maximum absolute atomic E-state index is 12.7. The van der Waals surface area contributed by atoms with Gasteiger partial charge >= 0.3 is 5.97 Å². The number of ether oxygens (including phenoxy) is 2. The van der Waals surface area contributed by atoms with Crippen molar-refractivity contribution in [1.29, 1.82) is 0 Å². The Bertz CT molecular complexity index is 1040. The van der Waals surface area contributed by atoms with Crippen molar-refractivity contribution in [3.63, 3.8) is 0 Å². The molecule has 140 valence electrons. The number of hydrogen-bond acceptors (Lipinski definition) is 7. The van der Waals surface area contributed by atoms with Gasteiger partial charge in [0.1, 0.15) is 10.6 Å². The van der Waals surface area contributed by atoms with Gasteiger partial charge in [-0.25, -0.2) is 21.6 Å². The molecule has 0 atom stereocenters. The molecule has 0 bridgehead atoms. The maximum Gasteiger partial charge on any atom is 0.340 e. The van der Waals surface area contributed by atoms with E-state index in [-0.39, 0.29) is 16.1 Å². The number of sulfonamides is 1. The van der Waals surface area contributed by atoms with Gasteiger partial charge in [-0.3, -0.25) is 4.72 Å². The Hall–Kier alpha value is -2.59. The number of nitrogens with one attached hydrogen (secondary N) is 1. The zero-order chi connectivity index (χ0) is 19.5. The molecule has 1 N–H and O–H groups in total. The van der Waals surface area contributed by atoms with E-state index in [0.29, 0.717) is 5.75 Å². The molecule has 0 aliphatic carbocycles. The van der Waals surface area contributed by atoms with E-state index < -0.39 is 30.7 Å². The third kappa shape index (κ3) is 4.14. The lowest BCUT2D eigenvalue weighted by Gasteiger charge is -2.14. The van der Waals surface area contributed by atoms with Gasteiger partial charge in [0, 0.05) is 6.26 Å². The minimum atomic E-state index is -4.29. The Morgan fingerprint density at radius 2 is 1.58 bits per heavy atom. The normalized spacial score (nSPS) is 11.7. The first-order valence-electron chi connectivity index (χ1n) is 7.18. The van der Waals surface area contributed by atoms with Gasteiger partial charge < -0.3 is 9.47 Å². The highest BCUT2D eigenvalue weighted by molar-refractivity contribution is 7.95. The van der Waals surface area contributed by atoms with Crippen molar-refractivity contribution in [3.8, 4) is 5.75 Å². The lowest BCUT2D eigenvalue weighted by atomic mass is 10.2. The largest absolute Gasteiger partial charge is 0.497 e. The zero-order valence-electron chi connectivity index (χ0n) is 14.2. The van der Waals surface area contributed by atoms with Gasteiger partial charge in [0.05, 0.1) is 30.4 Å². The average Bonchev–Trinajstić information content (AvgIpc) is 2.60. The number of methoxy groups -OCH3 is 2. The molecule has 2 aromatic carbocycles. The number of sulfone groups is 1. The molecular weight excluding hydrogens is 382 g/mol. The molecule has 0 unspecified atom stereocenters. The molecule has 8 nitrogen and oxygen atoms in total. The smallest absolute Gasteiger partial charge is 0.340 e. The third-order valence-corrected chi connectivity index (χ3v) is 6.12. The van der Waals surface area contributed by atoms with E-state index in [9.17, 15) is 21.6 Å². The average molecular weight is 399 g/mol. The number of rotatable bonds is 6. The second-order valence-electron chi connectivity index (χ2n) is 5.23. The van der Waals surface area contributed by atoms with Crippen LogP contribution in [0.5, 0.6) is 5.75 Å². The van der Waals surface area contributed by atoms with Crippen LogP contribution >= 0.6 is 0 Å². The molecule has 0 heterocycles. The molecule has 10 heteroatoms. The Morgan fingerprint density at radius 3 is 2.12 bits per heavy atom. The van der Waals surface area contributed by atoms with Gasteiger partial charge in [-0.05, 0) is 30.3 Å². The van der Waals surface area contributed by atoms with Crippen LogP contribution < -0.4 is 9.46 Å². The third-order valence-electron chi connectivity index (χ3n) is 3.41.